The Kier molecular flexibility index (Phi) is 10.3. The van der Waals surface area contributed by atoms with Gasteiger partial charge in [0.1, 0.15) is 6.17 Å². The zero-order valence-corrected chi connectivity index (χ0v) is 14.5. The molecular formula is C15H19FNNaO3. The minimum absolute atomic E-state index is 0. The summed E-state index contributed by atoms with van der Waals surface area (Å²) in [6, 6.07) is 5.73. The summed E-state index contributed by atoms with van der Waals surface area (Å²) >= 11 is 0. The smallest absolute Gasteiger partial charge is 0.545 e. The molecule has 1 N–H and O–H groups in total. The van der Waals surface area contributed by atoms with Crippen LogP contribution in [-0.2, 0) is 4.79 Å². The quantitative estimate of drug-likeness (QED) is 0.646. The van der Waals surface area contributed by atoms with Gasteiger partial charge in [-0.05, 0) is 37.0 Å². The molecule has 1 amide bonds. The first-order valence-corrected chi connectivity index (χ1v) is 6.78. The minimum Gasteiger partial charge on any atom is -0.545 e. The molecular weight excluding hydrogens is 284 g/mol. The van der Waals surface area contributed by atoms with Gasteiger partial charge >= 0.3 is 29.6 Å². The number of aromatic carboxylic acids is 1. The van der Waals surface area contributed by atoms with E-state index in [0.717, 1.165) is 6.42 Å². The number of carbonyl (C=O) groups excluding carboxylic acids is 2. The SMILES string of the molecule is CCCC(F)CCCC(=O)Nc1ccc(C(=O)[O-])cc1.[Na+]. The van der Waals surface area contributed by atoms with Gasteiger partial charge in [0.25, 0.3) is 0 Å². The summed E-state index contributed by atoms with van der Waals surface area (Å²) in [6.07, 6.45) is 1.65. The van der Waals surface area contributed by atoms with Gasteiger partial charge < -0.3 is 15.2 Å². The first-order valence-electron chi connectivity index (χ1n) is 6.78. The topological polar surface area (TPSA) is 69.2 Å². The van der Waals surface area contributed by atoms with Gasteiger partial charge in [-0.15, -0.1) is 0 Å². The van der Waals surface area contributed by atoms with Crippen LogP contribution in [0.4, 0.5) is 10.1 Å². The molecule has 0 aliphatic rings. The zero-order chi connectivity index (χ0) is 15.0. The molecule has 0 heterocycles. The fourth-order valence-corrected chi connectivity index (χ4v) is 1.85. The Balaban J connectivity index is 0.00000400. The van der Waals surface area contributed by atoms with Crippen LogP contribution in [0.25, 0.3) is 0 Å². The van der Waals surface area contributed by atoms with Gasteiger partial charge in [0.2, 0.25) is 5.91 Å². The number of carbonyl (C=O) groups is 2. The van der Waals surface area contributed by atoms with Crippen LogP contribution in [0.1, 0.15) is 49.4 Å². The molecule has 1 rings (SSSR count). The van der Waals surface area contributed by atoms with Crippen molar-refractivity contribution in [3.63, 3.8) is 0 Å². The largest absolute Gasteiger partial charge is 1.00 e. The number of halogens is 1. The van der Waals surface area contributed by atoms with E-state index in [2.05, 4.69) is 5.32 Å². The number of anilines is 1. The number of amides is 1. The van der Waals surface area contributed by atoms with Gasteiger partial charge in [0.15, 0.2) is 0 Å². The van der Waals surface area contributed by atoms with E-state index in [-0.39, 0.29) is 47.4 Å². The molecule has 0 radical (unpaired) electrons. The van der Waals surface area contributed by atoms with Crippen LogP contribution >= 0.6 is 0 Å². The van der Waals surface area contributed by atoms with Crippen molar-refractivity contribution < 1.29 is 48.6 Å². The van der Waals surface area contributed by atoms with Crippen molar-refractivity contribution in [2.45, 2.75) is 45.2 Å². The van der Waals surface area contributed by atoms with Crippen molar-refractivity contribution in [1.82, 2.24) is 0 Å². The van der Waals surface area contributed by atoms with E-state index in [1.807, 2.05) is 6.92 Å². The summed E-state index contributed by atoms with van der Waals surface area (Å²) in [4.78, 5) is 22.2. The fourth-order valence-electron chi connectivity index (χ4n) is 1.85. The van der Waals surface area contributed by atoms with Gasteiger partial charge in [0.05, 0.1) is 5.97 Å². The number of carboxylic acid groups (broad SMARTS) is 1. The average Bonchev–Trinajstić information content (AvgIpc) is 2.39. The molecule has 0 aliphatic carbocycles. The Morgan fingerprint density at radius 3 is 2.38 bits per heavy atom. The average molecular weight is 303 g/mol. The Hall–Kier alpha value is -0.910. The number of benzene rings is 1. The number of alkyl halides is 1. The first-order chi connectivity index (χ1) is 9.52. The molecule has 1 aromatic rings. The summed E-state index contributed by atoms with van der Waals surface area (Å²) in [5.41, 5.74) is 0.577. The summed E-state index contributed by atoms with van der Waals surface area (Å²) in [5.74, 6) is -1.46. The maximum absolute atomic E-state index is 13.2. The number of hydrogen-bond donors (Lipinski definition) is 1. The summed E-state index contributed by atoms with van der Waals surface area (Å²) < 4.78 is 13.2. The predicted octanol–water partition coefficient (Wildman–Crippen LogP) is -0.699. The van der Waals surface area contributed by atoms with Gasteiger partial charge in [-0.2, -0.15) is 0 Å². The zero-order valence-electron chi connectivity index (χ0n) is 12.5. The maximum Gasteiger partial charge on any atom is 1.00 e. The Bertz CT molecular complexity index is 451. The van der Waals surface area contributed by atoms with Crippen LogP contribution in [0, 0.1) is 0 Å². The number of carboxylic acids is 1. The Labute approximate surface area is 146 Å². The molecule has 1 aromatic carbocycles. The number of hydrogen-bond acceptors (Lipinski definition) is 3. The fraction of sp³-hybridized carbons (Fsp3) is 0.467. The molecule has 0 saturated heterocycles. The van der Waals surface area contributed by atoms with E-state index in [9.17, 15) is 19.1 Å². The minimum atomic E-state index is -1.26. The van der Waals surface area contributed by atoms with Gasteiger partial charge in [-0.25, -0.2) is 4.39 Å². The second-order valence-corrected chi connectivity index (χ2v) is 4.69. The standard InChI is InChI=1S/C15H20FNO3.Na/c1-2-4-12(16)5-3-6-14(18)17-13-9-7-11(8-10-13)15(19)20;/h7-10,12H,2-6H2,1H3,(H,17,18)(H,19,20);/q;+1/p-1. The van der Waals surface area contributed by atoms with E-state index >= 15 is 0 Å². The summed E-state index contributed by atoms with van der Waals surface area (Å²) in [6.45, 7) is 1.93. The molecule has 1 atom stereocenters. The molecule has 110 valence electrons. The number of nitrogens with one attached hydrogen (secondary N) is 1. The maximum atomic E-state index is 13.2. The summed E-state index contributed by atoms with van der Waals surface area (Å²) in [7, 11) is 0. The van der Waals surface area contributed by atoms with Crippen LogP contribution in [-0.4, -0.2) is 18.0 Å². The van der Waals surface area contributed by atoms with E-state index in [1.54, 1.807) is 0 Å². The van der Waals surface area contributed by atoms with Crippen molar-refractivity contribution in [2.75, 3.05) is 5.32 Å². The molecule has 0 spiro atoms. The number of rotatable bonds is 8. The molecule has 0 fully saturated rings. The van der Waals surface area contributed by atoms with Crippen LogP contribution in [0.3, 0.4) is 0 Å². The van der Waals surface area contributed by atoms with Gasteiger partial charge in [-0.3, -0.25) is 4.79 Å². The molecule has 0 aliphatic heterocycles. The molecule has 6 heteroatoms. The van der Waals surface area contributed by atoms with E-state index < -0.39 is 12.1 Å². The second kappa shape index (κ2) is 10.8. The van der Waals surface area contributed by atoms with Crippen LogP contribution < -0.4 is 40.0 Å². The third-order valence-electron chi connectivity index (χ3n) is 2.93. The van der Waals surface area contributed by atoms with E-state index in [1.165, 1.54) is 24.3 Å². The Morgan fingerprint density at radius 2 is 1.86 bits per heavy atom. The predicted molar refractivity (Wildman–Crippen MR) is 73.1 cm³/mol. The third kappa shape index (κ3) is 8.19. The Morgan fingerprint density at radius 1 is 1.24 bits per heavy atom. The molecule has 0 saturated carbocycles. The van der Waals surface area contributed by atoms with E-state index in [0.29, 0.717) is 24.9 Å². The van der Waals surface area contributed by atoms with Crippen LogP contribution in [0.2, 0.25) is 0 Å². The second-order valence-electron chi connectivity index (χ2n) is 4.69. The normalized spacial score (nSPS) is 11.3. The van der Waals surface area contributed by atoms with Gasteiger partial charge in [0, 0.05) is 12.1 Å². The van der Waals surface area contributed by atoms with Crippen molar-refractivity contribution in [1.29, 1.82) is 0 Å². The molecule has 1 unspecified atom stereocenters. The van der Waals surface area contributed by atoms with Crippen LogP contribution in [0.15, 0.2) is 24.3 Å². The van der Waals surface area contributed by atoms with E-state index in [4.69, 9.17) is 0 Å². The van der Waals surface area contributed by atoms with Crippen molar-refractivity contribution in [3.05, 3.63) is 29.8 Å². The third-order valence-corrected chi connectivity index (χ3v) is 2.93. The van der Waals surface area contributed by atoms with Crippen molar-refractivity contribution in [2.24, 2.45) is 0 Å². The molecule has 4 nitrogen and oxygen atoms in total. The monoisotopic (exact) mass is 303 g/mol. The molecule has 0 bridgehead atoms. The summed E-state index contributed by atoms with van der Waals surface area (Å²) in [5, 5.41) is 13.2. The van der Waals surface area contributed by atoms with Crippen molar-refractivity contribution in [3.8, 4) is 0 Å². The molecule has 21 heavy (non-hydrogen) atoms. The van der Waals surface area contributed by atoms with Crippen LogP contribution in [0.5, 0.6) is 0 Å². The molecule has 0 aromatic heterocycles. The van der Waals surface area contributed by atoms with Crippen molar-refractivity contribution >= 4 is 17.6 Å². The van der Waals surface area contributed by atoms with Gasteiger partial charge in [-0.1, -0.05) is 25.5 Å². The first kappa shape index (κ1) is 20.1.